The number of carbonyl (C=O) groups is 1. The van der Waals surface area contributed by atoms with Crippen molar-refractivity contribution in [1.82, 2.24) is 15.6 Å². The van der Waals surface area contributed by atoms with Crippen molar-refractivity contribution in [3.63, 3.8) is 0 Å². The molecule has 1 fully saturated rings. The van der Waals surface area contributed by atoms with E-state index in [0.717, 1.165) is 24.5 Å². The minimum Gasteiger partial charge on any atom is -0.344 e. The second kappa shape index (κ2) is 10.5. The number of carbonyl (C=O) groups excluding carboxylic acids is 1. The van der Waals surface area contributed by atoms with E-state index in [1.54, 1.807) is 17.5 Å². The highest BCUT2D eigenvalue weighted by molar-refractivity contribution is 7.09. The second-order valence-corrected chi connectivity index (χ2v) is 7.23. The molecule has 4 nitrogen and oxygen atoms in total. The summed E-state index contributed by atoms with van der Waals surface area (Å²) < 4.78 is 0. The van der Waals surface area contributed by atoms with Crippen LogP contribution in [0.15, 0.2) is 11.6 Å². The molecule has 1 aromatic heterocycles. The molecule has 1 amide bonds. The van der Waals surface area contributed by atoms with E-state index in [2.05, 4.69) is 36.4 Å². The summed E-state index contributed by atoms with van der Waals surface area (Å²) in [5.41, 5.74) is -0.334. The molecule has 1 aliphatic heterocycles. The zero-order chi connectivity index (χ0) is 15.3. The molecule has 1 aliphatic rings. The molecule has 2 rings (SSSR count). The van der Waals surface area contributed by atoms with E-state index in [4.69, 9.17) is 0 Å². The molecular formula is C16H29Cl2N3OS. The van der Waals surface area contributed by atoms with E-state index in [1.807, 2.05) is 5.38 Å². The first kappa shape index (κ1) is 22.6. The lowest BCUT2D eigenvalue weighted by Crippen LogP contribution is -2.44. The largest absolute Gasteiger partial charge is 0.344 e. The molecule has 2 atom stereocenters. The molecule has 0 aromatic carbocycles. The van der Waals surface area contributed by atoms with Gasteiger partial charge in [-0.25, -0.2) is 4.98 Å². The SMILES string of the molecule is CCC(C)(NC(=O)CC(C)C1CCNCC1)c1nccs1.Cl.Cl. The lowest BCUT2D eigenvalue weighted by molar-refractivity contribution is -0.124. The number of rotatable bonds is 6. The standard InChI is InChI=1S/C16H27N3OS.2ClH/c1-4-16(3,15-18-9-10-21-15)19-14(20)11-12(2)13-5-7-17-8-6-13;;/h9-10,12-13,17H,4-8,11H2,1-3H3,(H,19,20);2*1H. The summed E-state index contributed by atoms with van der Waals surface area (Å²) in [6.45, 7) is 8.55. The van der Waals surface area contributed by atoms with Crippen molar-refractivity contribution in [2.75, 3.05) is 13.1 Å². The third-order valence-electron chi connectivity index (χ3n) is 4.72. The average Bonchev–Trinajstić information content (AvgIpc) is 3.02. The first-order chi connectivity index (χ1) is 10.0. The number of amides is 1. The van der Waals surface area contributed by atoms with E-state index in [9.17, 15) is 4.79 Å². The van der Waals surface area contributed by atoms with Crippen LogP contribution >= 0.6 is 36.2 Å². The normalized spacial score (nSPS) is 18.9. The fourth-order valence-electron chi connectivity index (χ4n) is 3.02. The molecular weight excluding hydrogens is 353 g/mol. The molecule has 2 heterocycles. The number of nitrogens with one attached hydrogen (secondary N) is 2. The maximum Gasteiger partial charge on any atom is 0.221 e. The number of hydrogen-bond acceptors (Lipinski definition) is 4. The minimum absolute atomic E-state index is 0. The molecule has 0 bridgehead atoms. The summed E-state index contributed by atoms with van der Waals surface area (Å²) >= 11 is 1.61. The summed E-state index contributed by atoms with van der Waals surface area (Å²) in [5.74, 6) is 1.27. The average molecular weight is 382 g/mol. The van der Waals surface area contributed by atoms with Gasteiger partial charge in [-0.05, 0) is 51.1 Å². The van der Waals surface area contributed by atoms with Crippen molar-refractivity contribution in [3.05, 3.63) is 16.6 Å². The molecule has 23 heavy (non-hydrogen) atoms. The third-order valence-corrected chi connectivity index (χ3v) is 5.76. The summed E-state index contributed by atoms with van der Waals surface area (Å²) in [5, 5.41) is 9.55. The van der Waals surface area contributed by atoms with Crippen LogP contribution in [0, 0.1) is 11.8 Å². The molecule has 1 aromatic rings. The zero-order valence-corrected chi connectivity index (χ0v) is 16.6. The summed E-state index contributed by atoms with van der Waals surface area (Å²) in [7, 11) is 0. The van der Waals surface area contributed by atoms with Crippen LogP contribution in [-0.2, 0) is 10.3 Å². The van der Waals surface area contributed by atoms with Gasteiger partial charge in [0.25, 0.3) is 0 Å². The van der Waals surface area contributed by atoms with Crippen LogP contribution in [0.3, 0.4) is 0 Å². The van der Waals surface area contributed by atoms with Crippen molar-refractivity contribution >= 4 is 42.1 Å². The number of aromatic nitrogens is 1. The Bertz CT molecular complexity index is 452. The Balaban J connectivity index is 0.00000242. The first-order valence-electron chi connectivity index (χ1n) is 7.97. The second-order valence-electron chi connectivity index (χ2n) is 6.34. The van der Waals surface area contributed by atoms with E-state index < -0.39 is 0 Å². The van der Waals surface area contributed by atoms with Crippen molar-refractivity contribution in [1.29, 1.82) is 0 Å². The van der Waals surface area contributed by atoms with Gasteiger partial charge in [-0.3, -0.25) is 4.79 Å². The molecule has 7 heteroatoms. The summed E-state index contributed by atoms with van der Waals surface area (Å²) in [4.78, 5) is 16.8. The smallest absolute Gasteiger partial charge is 0.221 e. The zero-order valence-electron chi connectivity index (χ0n) is 14.1. The van der Waals surface area contributed by atoms with E-state index in [0.29, 0.717) is 18.3 Å². The van der Waals surface area contributed by atoms with Crippen LogP contribution in [0.1, 0.15) is 51.5 Å². The van der Waals surface area contributed by atoms with Crippen molar-refractivity contribution < 1.29 is 4.79 Å². The Morgan fingerprint density at radius 3 is 2.65 bits per heavy atom. The molecule has 2 unspecified atom stereocenters. The van der Waals surface area contributed by atoms with E-state index in [1.165, 1.54) is 12.8 Å². The number of piperidine rings is 1. The van der Waals surface area contributed by atoms with Gasteiger partial charge in [0.1, 0.15) is 5.01 Å². The van der Waals surface area contributed by atoms with Crippen molar-refractivity contribution in [2.24, 2.45) is 11.8 Å². The Hall–Kier alpha value is -0.360. The third kappa shape index (κ3) is 6.22. The van der Waals surface area contributed by atoms with Crippen LogP contribution in [0.2, 0.25) is 0 Å². The van der Waals surface area contributed by atoms with Gasteiger partial charge in [0, 0.05) is 18.0 Å². The number of nitrogens with zero attached hydrogens (tertiary/aromatic N) is 1. The van der Waals surface area contributed by atoms with Crippen LogP contribution in [-0.4, -0.2) is 24.0 Å². The maximum absolute atomic E-state index is 12.4. The van der Waals surface area contributed by atoms with Gasteiger partial charge in [-0.15, -0.1) is 36.2 Å². The quantitative estimate of drug-likeness (QED) is 0.788. The predicted octanol–water partition coefficient (Wildman–Crippen LogP) is 3.75. The lowest BCUT2D eigenvalue weighted by atomic mass is 9.84. The topological polar surface area (TPSA) is 54.0 Å². The van der Waals surface area contributed by atoms with Gasteiger partial charge in [-0.2, -0.15) is 0 Å². The highest BCUT2D eigenvalue weighted by Crippen LogP contribution is 2.28. The fourth-order valence-corrected chi connectivity index (χ4v) is 3.85. The monoisotopic (exact) mass is 381 g/mol. The lowest BCUT2D eigenvalue weighted by Gasteiger charge is -2.31. The number of thiazole rings is 1. The van der Waals surface area contributed by atoms with Crippen LogP contribution in [0.4, 0.5) is 0 Å². The van der Waals surface area contributed by atoms with E-state index in [-0.39, 0.29) is 36.3 Å². The molecule has 0 radical (unpaired) electrons. The van der Waals surface area contributed by atoms with Gasteiger partial charge in [-0.1, -0.05) is 13.8 Å². The van der Waals surface area contributed by atoms with Gasteiger partial charge < -0.3 is 10.6 Å². The Kier molecular flexibility index (Phi) is 10.3. The van der Waals surface area contributed by atoms with Gasteiger partial charge in [0.05, 0.1) is 5.54 Å². The maximum atomic E-state index is 12.4. The number of hydrogen-bond donors (Lipinski definition) is 2. The fraction of sp³-hybridized carbons (Fsp3) is 0.750. The molecule has 2 N–H and O–H groups in total. The van der Waals surface area contributed by atoms with Crippen molar-refractivity contribution in [2.45, 2.75) is 52.0 Å². The molecule has 0 aliphatic carbocycles. The molecule has 134 valence electrons. The highest BCUT2D eigenvalue weighted by atomic mass is 35.5. The minimum atomic E-state index is -0.334. The van der Waals surface area contributed by atoms with Crippen LogP contribution < -0.4 is 10.6 Å². The summed E-state index contributed by atoms with van der Waals surface area (Å²) in [6.07, 6.45) is 5.65. The van der Waals surface area contributed by atoms with Crippen LogP contribution in [0.25, 0.3) is 0 Å². The summed E-state index contributed by atoms with van der Waals surface area (Å²) in [6, 6.07) is 0. The molecule has 1 saturated heterocycles. The highest BCUT2D eigenvalue weighted by Gasteiger charge is 2.30. The van der Waals surface area contributed by atoms with Gasteiger partial charge in [0.2, 0.25) is 5.91 Å². The van der Waals surface area contributed by atoms with Crippen molar-refractivity contribution in [3.8, 4) is 0 Å². The van der Waals surface area contributed by atoms with Gasteiger partial charge >= 0.3 is 0 Å². The predicted molar refractivity (Wildman–Crippen MR) is 102 cm³/mol. The Morgan fingerprint density at radius 2 is 2.13 bits per heavy atom. The Labute approximate surface area is 156 Å². The Morgan fingerprint density at radius 1 is 1.48 bits per heavy atom. The van der Waals surface area contributed by atoms with E-state index >= 15 is 0 Å². The van der Waals surface area contributed by atoms with Crippen LogP contribution in [0.5, 0.6) is 0 Å². The molecule has 0 spiro atoms. The van der Waals surface area contributed by atoms with Gasteiger partial charge in [0.15, 0.2) is 0 Å². The molecule has 0 saturated carbocycles. The number of halogens is 2. The first-order valence-corrected chi connectivity index (χ1v) is 8.85.